The van der Waals surface area contributed by atoms with E-state index in [2.05, 4.69) is 22.9 Å². The second kappa shape index (κ2) is 9.02. The third kappa shape index (κ3) is 4.94. The Kier molecular flexibility index (Phi) is 7.03. The van der Waals surface area contributed by atoms with Crippen LogP contribution in [0.1, 0.15) is 12.8 Å². The molecule has 24 heavy (non-hydrogen) atoms. The molecular formula is C17H29N5O2. The number of carbonyl (C=O) groups is 1. The fourth-order valence-electron chi connectivity index (χ4n) is 3.31. The second-order valence-electron chi connectivity index (χ2n) is 6.71. The topological polar surface area (TPSA) is 74.1 Å². The molecular weight excluding hydrogens is 306 g/mol. The van der Waals surface area contributed by atoms with Crippen molar-refractivity contribution >= 4 is 5.91 Å². The standard InChI is InChI=1S/C17H29N5O2/c1-19-5-3-16(4-6-19)20(2)17(24)15(13-18)14-22-9-7-21(8-10-22)11-12-23/h14,16,23H,3-12H2,1-2H3/b15-14-. The number of β-amino-alcohol motifs (C(OH)–C–C–N with tert-alkyl or cyclic N) is 1. The first kappa shape index (κ1) is 18.7. The van der Waals surface area contributed by atoms with Crippen molar-refractivity contribution in [2.75, 3.05) is 66.5 Å². The van der Waals surface area contributed by atoms with Gasteiger partial charge in [0, 0.05) is 52.0 Å². The molecule has 0 radical (unpaired) electrons. The SMILES string of the molecule is CN1CCC(N(C)C(=O)/C(C#N)=C\N2CCN(CCO)CC2)CC1. The Morgan fingerprint density at radius 3 is 2.42 bits per heavy atom. The van der Waals surface area contributed by atoms with Gasteiger partial charge in [-0.3, -0.25) is 9.69 Å². The van der Waals surface area contributed by atoms with Crippen LogP contribution in [-0.4, -0.2) is 103 Å². The predicted octanol–water partition coefficient (Wildman–Crippen LogP) is -0.444. The van der Waals surface area contributed by atoms with Gasteiger partial charge in [-0.15, -0.1) is 0 Å². The van der Waals surface area contributed by atoms with Crippen molar-refractivity contribution < 1.29 is 9.90 Å². The van der Waals surface area contributed by atoms with Gasteiger partial charge < -0.3 is 19.8 Å². The van der Waals surface area contributed by atoms with E-state index in [9.17, 15) is 10.1 Å². The summed E-state index contributed by atoms with van der Waals surface area (Å²) in [5, 5.41) is 18.4. The maximum atomic E-state index is 12.6. The number of nitriles is 1. The minimum atomic E-state index is -0.176. The Balaban J connectivity index is 1.92. The number of hydrogen-bond donors (Lipinski definition) is 1. The van der Waals surface area contributed by atoms with Crippen molar-refractivity contribution in [3.63, 3.8) is 0 Å². The molecule has 2 rings (SSSR count). The van der Waals surface area contributed by atoms with E-state index in [1.165, 1.54) is 0 Å². The Morgan fingerprint density at radius 1 is 1.25 bits per heavy atom. The summed E-state index contributed by atoms with van der Waals surface area (Å²) in [4.78, 5) is 20.9. The Hall–Kier alpha value is -1.62. The third-order valence-electron chi connectivity index (χ3n) is 5.04. The molecule has 7 nitrogen and oxygen atoms in total. The largest absolute Gasteiger partial charge is 0.395 e. The number of hydrogen-bond acceptors (Lipinski definition) is 6. The van der Waals surface area contributed by atoms with E-state index in [0.717, 1.165) is 52.1 Å². The molecule has 2 aliphatic heterocycles. The van der Waals surface area contributed by atoms with E-state index >= 15 is 0 Å². The molecule has 2 saturated heterocycles. The smallest absolute Gasteiger partial charge is 0.265 e. The molecule has 0 atom stereocenters. The molecule has 0 saturated carbocycles. The molecule has 0 bridgehead atoms. The van der Waals surface area contributed by atoms with Gasteiger partial charge >= 0.3 is 0 Å². The highest BCUT2D eigenvalue weighted by Crippen LogP contribution is 2.16. The fourth-order valence-corrected chi connectivity index (χ4v) is 3.31. The van der Waals surface area contributed by atoms with Crippen molar-refractivity contribution in [3.8, 4) is 6.07 Å². The van der Waals surface area contributed by atoms with Crippen LogP contribution in [0.3, 0.4) is 0 Å². The van der Waals surface area contributed by atoms with Crippen molar-refractivity contribution in [2.24, 2.45) is 0 Å². The average Bonchev–Trinajstić information content (AvgIpc) is 2.61. The molecule has 1 N–H and O–H groups in total. The number of carbonyl (C=O) groups excluding carboxylic acids is 1. The van der Waals surface area contributed by atoms with Crippen LogP contribution >= 0.6 is 0 Å². The zero-order valence-electron chi connectivity index (χ0n) is 14.8. The van der Waals surface area contributed by atoms with Crippen LogP contribution < -0.4 is 0 Å². The summed E-state index contributed by atoms with van der Waals surface area (Å²) in [6, 6.07) is 2.29. The predicted molar refractivity (Wildman–Crippen MR) is 92.1 cm³/mol. The number of nitrogens with zero attached hydrogens (tertiary/aromatic N) is 5. The van der Waals surface area contributed by atoms with E-state index in [1.54, 1.807) is 11.1 Å². The summed E-state index contributed by atoms with van der Waals surface area (Å²) in [6.07, 6.45) is 3.62. The zero-order valence-corrected chi connectivity index (χ0v) is 14.8. The van der Waals surface area contributed by atoms with Gasteiger partial charge in [-0.05, 0) is 33.0 Å². The summed E-state index contributed by atoms with van der Waals surface area (Å²) < 4.78 is 0. The summed E-state index contributed by atoms with van der Waals surface area (Å²) >= 11 is 0. The molecule has 7 heteroatoms. The lowest BCUT2D eigenvalue weighted by Gasteiger charge is -2.36. The second-order valence-corrected chi connectivity index (χ2v) is 6.71. The van der Waals surface area contributed by atoms with E-state index in [4.69, 9.17) is 5.11 Å². The molecule has 0 unspecified atom stereocenters. The molecule has 2 fully saturated rings. The number of amides is 1. The van der Waals surface area contributed by atoms with Crippen molar-refractivity contribution in [1.82, 2.24) is 19.6 Å². The molecule has 0 aromatic rings. The minimum absolute atomic E-state index is 0.166. The summed E-state index contributed by atoms with van der Waals surface area (Å²) in [7, 11) is 3.90. The summed E-state index contributed by atoms with van der Waals surface area (Å²) in [5.74, 6) is -0.176. The fraction of sp³-hybridized carbons (Fsp3) is 0.765. The lowest BCUT2D eigenvalue weighted by molar-refractivity contribution is -0.128. The number of rotatable bonds is 5. The number of likely N-dealkylation sites (tertiary alicyclic amines) is 1. The average molecular weight is 335 g/mol. The minimum Gasteiger partial charge on any atom is -0.395 e. The number of piperidine rings is 1. The highest BCUT2D eigenvalue weighted by molar-refractivity contribution is 5.97. The lowest BCUT2D eigenvalue weighted by Crippen LogP contribution is -2.46. The highest BCUT2D eigenvalue weighted by atomic mass is 16.3. The molecule has 0 aromatic heterocycles. The van der Waals surface area contributed by atoms with Gasteiger partial charge in [-0.25, -0.2) is 0 Å². The zero-order chi connectivity index (χ0) is 17.5. The van der Waals surface area contributed by atoms with Crippen LogP contribution in [0.25, 0.3) is 0 Å². The Labute approximate surface area is 144 Å². The maximum absolute atomic E-state index is 12.6. The van der Waals surface area contributed by atoms with Crippen LogP contribution in [0, 0.1) is 11.3 Å². The molecule has 2 heterocycles. The third-order valence-corrected chi connectivity index (χ3v) is 5.04. The van der Waals surface area contributed by atoms with Crippen LogP contribution in [0.15, 0.2) is 11.8 Å². The van der Waals surface area contributed by atoms with Gasteiger partial charge in [0.25, 0.3) is 5.91 Å². The quantitative estimate of drug-likeness (QED) is 0.542. The first-order chi connectivity index (χ1) is 11.5. The van der Waals surface area contributed by atoms with E-state index < -0.39 is 0 Å². The van der Waals surface area contributed by atoms with Gasteiger partial charge in [0.1, 0.15) is 11.6 Å². The van der Waals surface area contributed by atoms with Crippen LogP contribution in [0.2, 0.25) is 0 Å². The molecule has 2 aliphatic rings. The molecule has 0 aliphatic carbocycles. The van der Waals surface area contributed by atoms with Gasteiger partial charge in [0.2, 0.25) is 0 Å². The van der Waals surface area contributed by atoms with Crippen LogP contribution in [0.4, 0.5) is 0 Å². The normalized spacial score (nSPS) is 21.6. The number of aliphatic hydroxyl groups excluding tert-OH is 1. The van der Waals surface area contributed by atoms with E-state index in [0.29, 0.717) is 6.54 Å². The van der Waals surface area contributed by atoms with Gasteiger partial charge in [0.05, 0.1) is 6.61 Å². The van der Waals surface area contributed by atoms with Crippen molar-refractivity contribution in [3.05, 3.63) is 11.8 Å². The molecule has 1 amide bonds. The Bertz CT molecular complexity index is 486. The van der Waals surface area contributed by atoms with Crippen molar-refractivity contribution in [2.45, 2.75) is 18.9 Å². The first-order valence-corrected chi connectivity index (χ1v) is 8.70. The summed E-state index contributed by atoms with van der Waals surface area (Å²) in [6.45, 7) is 6.05. The van der Waals surface area contributed by atoms with E-state index in [1.807, 2.05) is 11.9 Å². The maximum Gasteiger partial charge on any atom is 0.265 e. The number of aliphatic hydroxyl groups is 1. The monoisotopic (exact) mass is 335 g/mol. The van der Waals surface area contributed by atoms with Crippen LogP contribution in [-0.2, 0) is 4.79 Å². The molecule has 0 aromatic carbocycles. The first-order valence-electron chi connectivity index (χ1n) is 8.70. The van der Waals surface area contributed by atoms with E-state index in [-0.39, 0.29) is 24.1 Å². The molecule has 134 valence electrons. The Morgan fingerprint density at radius 2 is 1.88 bits per heavy atom. The number of piperazine rings is 1. The van der Waals surface area contributed by atoms with Crippen LogP contribution in [0.5, 0.6) is 0 Å². The highest BCUT2D eigenvalue weighted by Gasteiger charge is 2.26. The van der Waals surface area contributed by atoms with Gasteiger partial charge in [-0.2, -0.15) is 5.26 Å². The molecule has 0 spiro atoms. The van der Waals surface area contributed by atoms with Crippen molar-refractivity contribution in [1.29, 1.82) is 5.26 Å². The number of likely N-dealkylation sites (N-methyl/N-ethyl adjacent to an activating group) is 1. The summed E-state index contributed by atoms with van der Waals surface area (Å²) in [5.41, 5.74) is 0.215. The van der Waals surface area contributed by atoms with Gasteiger partial charge in [-0.1, -0.05) is 0 Å². The lowest BCUT2D eigenvalue weighted by atomic mass is 10.0. The van der Waals surface area contributed by atoms with Gasteiger partial charge in [0.15, 0.2) is 0 Å².